The molecule has 1 aromatic heterocycles. The first-order valence-electron chi connectivity index (χ1n) is 8.03. The number of rotatable bonds is 4. The van der Waals surface area contributed by atoms with Gasteiger partial charge in [-0.05, 0) is 19.1 Å². The van der Waals surface area contributed by atoms with Gasteiger partial charge < -0.3 is 15.7 Å². The summed E-state index contributed by atoms with van der Waals surface area (Å²) in [6, 6.07) is 7.84. The summed E-state index contributed by atoms with van der Waals surface area (Å²) >= 11 is 6.32. The van der Waals surface area contributed by atoms with Crippen molar-refractivity contribution >= 4 is 28.3 Å². The molecule has 0 spiro atoms. The highest BCUT2D eigenvalue weighted by molar-refractivity contribution is 6.35. The average molecular weight is 335 g/mol. The van der Waals surface area contributed by atoms with Gasteiger partial charge in [0.1, 0.15) is 5.82 Å². The Morgan fingerprint density at radius 1 is 1.30 bits per heavy atom. The highest BCUT2D eigenvalue weighted by atomic mass is 35.5. The van der Waals surface area contributed by atoms with E-state index in [1.54, 1.807) is 0 Å². The first kappa shape index (κ1) is 16.5. The third-order valence-corrected chi connectivity index (χ3v) is 4.69. The van der Waals surface area contributed by atoms with E-state index in [2.05, 4.69) is 15.9 Å². The fourth-order valence-corrected chi connectivity index (χ4v) is 3.31. The average Bonchev–Trinajstić information content (AvgIpc) is 2.55. The minimum atomic E-state index is -0.0867. The number of aliphatic hydroxyl groups is 1. The maximum atomic E-state index is 9.07. The second-order valence-corrected chi connectivity index (χ2v) is 6.46. The molecule has 1 saturated heterocycles. The van der Waals surface area contributed by atoms with Crippen molar-refractivity contribution in [3.8, 4) is 0 Å². The van der Waals surface area contributed by atoms with Gasteiger partial charge in [-0.15, -0.1) is 0 Å². The van der Waals surface area contributed by atoms with Crippen LogP contribution in [0.1, 0.15) is 18.5 Å². The van der Waals surface area contributed by atoms with Crippen molar-refractivity contribution in [3.63, 3.8) is 0 Å². The van der Waals surface area contributed by atoms with Gasteiger partial charge in [-0.3, -0.25) is 4.90 Å². The van der Waals surface area contributed by atoms with Gasteiger partial charge in [-0.25, -0.2) is 4.98 Å². The molecule has 3 N–H and O–H groups in total. The summed E-state index contributed by atoms with van der Waals surface area (Å²) in [4.78, 5) is 9.37. The lowest BCUT2D eigenvalue weighted by Crippen LogP contribution is -2.47. The number of nitrogens with zero attached hydrogens (tertiary/aromatic N) is 3. The molecule has 0 bridgehead atoms. The van der Waals surface area contributed by atoms with E-state index in [4.69, 9.17) is 27.4 Å². The largest absolute Gasteiger partial charge is 0.395 e. The Balaban J connectivity index is 1.96. The number of hydrogen-bond acceptors (Lipinski definition) is 5. The molecule has 124 valence electrons. The molecule has 0 amide bonds. The van der Waals surface area contributed by atoms with Crippen molar-refractivity contribution in [2.24, 2.45) is 5.73 Å². The quantitative estimate of drug-likeness (QED) is 0.895. The van der Waals surface area contributed by atoms with E-state index in [-0.39, 0.29) is 12.6 Å². The molecule has 1 atom stereocenters. The Morgan fingerprint density at radius 2 is 2.04 bits per heavy atom. The molecule has 6 heteroatoms. The SMILES string of the molecule is C[C@H](N)c1cc2cccc(Cl)c2nc1N1CCN(CCO)CC1. The van der Waals surface area contributed by atoms with Crippen LogP contribution in [0.15, 0.2) is 24.3 Å². The van der Waals surface area contributed by atoms with Crippen molar-refractivity contribution in [3.05, 3.63) is 34.9 Å². The summed E-state index contributed by atoms with van der Waals surface area (Å²) in [5.41, 5.74) is 8.06. The van der Waals surface area contributed by atoms with Gasteiger partial charge in [0.25, 0.3) is 0 Å². The topological polar surface area (TPSA) is 65.6 Å². The fraction of sp³-hybridized carbons (Fsp3) is 0.471. The predicted octanol–water partition coefficient (Wildman–Crippen LogP) is 2.02. The number of hydrogen-bond donors (Lipinski definition) is 2. The lowest BCUT2D eigenvalue weighted by molar-refractivity contribution is 0.188. The summed E-state index contributed by atoms with van der Waals surface area (Å²) in [6.45, 7) is 6.51. The summed E-state index contributed by atoms with van der Waals surface area (Å²) in [5.74, 6) is 0.934. The van der Waals surface area contributed by atoms with Crippen LogP contribution in [0.25, 0.3) is 10.9 Å². The highest BCUT2D eigenvalue weighted by Crippen LogP contribution is 2.31. The molecule has 1 aromatic carbocycles. The molecular formula is C17H23ClN4O. The van der Waals surface area contributed by atoms with Crippen molar-refractivity contribution in [1.82, 2.24) is 9.88 Å². The molecule has 0 radical (unpaired) electrons. The second-order valence-electron chi connectivity index (χ2n) is 6.05. The molecular weight excluding hydrogens is 312 g/mol. The molecule has 2 heterocycles. The standard InChI is InChI=1S/C17H23ClN4O/c1-12(19)14-11-13-3-2-4-15(18)16(13)20-17(14)22-7-5-21(6-8-22)9-10-23/h2-4,11-12,23H,5-10,19H2,1H3/t12-/m0/s1. The van der Waals surface area contributed by atoms with Gasteiger partial charge in [0.2, 0.25) is 0 Å². The molecule has 0 unspecified atom stereocenters. The summed E-state index contributed by atoms with van der Waals surface area (Å²) in [6.07, 6.45) is 0. The number of β-amino-alcohol motifs (C(OH)–C–C–N with tert-alkyl or cyclic N) is 1. The van der Waals surface area contributed by atoms with Gasteiger partial charge in [-0.2, -0.15) is 0 Å². The third kappa shape index (κ3) is 3.43. The Kier molecular flexibility index (Phi) is 5.02. The van der Waals surface area contributed by atoms with Gasteiger partial charge >= 0.3 is 0 Å². The van der Waals surface area contributed by atoms with Crippen LogP contribution >= 0.6 is 11.6 Å². The Morgan fingerprint density at radius 3 is 2.70 bits per heavy atom. The number of aliphatic hydroxyl groups excluding tert-OH is 1. The van der Waals surface area contributed by atoms with E-state index < -0.39 is 0 Å². The minimum Gasteiger partial charge on any atom is -0.395 e. The first-order chi connectivity index (χ1) is 11.1. The Hall–Kier alpha value is -1.40. The fourth-order valence-electron chi connectivity index (χ4n) is 3.08. The van der Waals surface area contributed by atoms with Crippen molar-refractivity contribution in [1.29, 1.82) is 0 Å². The third-order valence-electron chi connectivity index (χ3n) is 4.38. The number of aromatic nitrogens is 1. The molecule has 23 heavy (non-hydrogen) atoms. The number of nitrogens with two attached hydrogens (primary N) is 1. The zero-order valence-corrected chi connectivity index (χ0v) is 14.1. The monoisotopic (exact) mass is 334 g/mol. The highest BCUT2D eigenvalue weighted by Gasteiger charge is 2.22. The molecule has 0 aliphatic carbocycles. The van der Waals surface area contributed by atoms with Gasteiger partial charge in [0.15, 0.2) is 0 Å². The minimum absolute atomic E-state index is 0.0867. The molecule has 1 aliphatic rings. The van der Waals surface area contributed by atoms with Crippen LogP contribution in [-0.2, 0) is 0 Å². The van der Waals surface area contributed by atoms with Crippen LogP contribution in [0.5, 0.6) is 0 Å². The summed E-state index contributed by atoms with van der Waals surface area (Å²) in [5, 5.41) is 10.8. The number of anilines is 1. The number of para-hydroxylation sites is 1. The van der Waals surface area contributed by atoms with Crippen LogP contribution in [0.3, 0.4) is 0 Å². The van der Waals surface area contributed by atoms with E-state index in [1.807, 2.05) is 25.1 Å². The van der Waals surface area contributed by atoms with Crippen molar-refractivity contribution < 1.29 is 5.11 Å². The zero-order valence-electron chi connectivity index (χ0n) is 13.4. The Bertz CT molecular complexity index is 684. The lowest BCUT2D eigenvalue weighted by Gasteiger charge is -2.36. The molecule has 3 rings (SSSR count). The second kappa shape index (κ2) is 7.01. The number of benzene rings is 1. The van der Waals surface area contributed by atoms with E-state index in [9.17, 15) is 0 Å². The van der Waals surface area contributed by atoms with E-state index >= 15 is 0 Å². The molecule has 0 saturated carbocycles. The summed E-state index contributed by atoms with van der Waals surface area (Å²) < 4.78 is 0. The number of pyridine rings is 1. The van der Waals surface area contributed by atoms with Crippen LogP contribution in [0, 0.1) is 0 Å². The van der Waals surface area contributed by atoms with Gasteiger partial charge in [0.05, 0.1) is 17.1 Å². The van der Waals surface area contributed by atoms with Crippen LogP contribution in [-0.4, -0.2) is 54.3 Å². The summed E-state index contributed by atoms with van der Waals surface area (Å²) in [7, 11) is 0. The number of halogens is 1. The van der Waals surface area contributed by atoms with Crippen LogP contribution in [0.4, 0.5) is 5.82 Å². The van der Waals surface area contributed by atoms with Crippen molar-refractivity contribution in [2.45, 2.75) is 13.0 Å². The Labute approximate surface area is 141 Å². The van der Waals surface area contributed by atoms with E-state index in [0.29, 0.717) is 5.02 Å². The first-order valence-corrected chi connectivity index (χ1v) is 8.41. The number of fused-ring (bicyclic) bond motifs is 1. The molecule has 1 aliphatic heterocycles. The maximum absolute atomic E-state index is 9.07. The normalized spacial score (nSPS) is 17.7. The van der Waals surface area contributed by atoms with Gasteiger partial charge in [0, 0.05) is 49.7 Å². The van der Waals surface area contributed by atoms with E-state index in [0.717, 1.165) is 55.0 Å². The van der Waals surface area contributed by atoms with E-state index in [1.165, 1.54) is 0 Å². The van der Waals surface area contributed by atoms with Crippen molar-refractivity contribution in [2.75, 3.05) is 44.2 Å². The van der Waals surface area contributed by atoms with Crippen LogP contribution in [0.2, 0.25) is 5.02 Å². The molecule has 2 aromatic rings. The molecule has 1 fully saturated rings. The molecule has 5 nitrogen and oxygen atoms in total. The maximum Gasteiger partial charge on any atom is 0.134 e. The van der Waals surface area contributed by atoms with Gasteiger partial charge in [-0.1, -0.05) is 23.7 Å². The zero-order chi connectivity index (χ0) is 16.4. The smallest absolute Gasteiger partial charge is 0.134 e. The lowest BCUT2D eigenvalue weighted by atomic mass is 10.1. The predicted molar refractivity (Wildman–Crippen MR) is 95.1 cm³/mol. The van der Waals surface area contributed by atoms with Crippen LogP contribution < -0.4 is 10.6 Å². The number of piperazine rings is 1.